The summed E-state index contributed by atoms with van der Waals surface area (Å²) in [6.45, 7) is 1.52. The van der Waals surface area contributed by atoms with E-state index in [2.05, 4.69) is 15.6 Å². The number of aliphatic hydroxyl groups excluding tert-OH is 1. The zero-order chi connectivity index (χ0) is 14.8. The molecule has 0 aliphatic rings. The Morgan fingerprint density at radius 2 is 2.00 bits per heavy atom. The van der Waals surface area contributed by atoms with Crippen molar-refractivity contribution >= 4 is 12.0 Å². The molecule has 1 aromatic heterocycles. The van der Waals surface area contributed by atoms with Gasteiger partial charge in [0.1, 0.15) is 0 Å². The number of carboxylic acids is 1. The van der Waals surface area contributed by atoms with Crippen LogP contribution in [-0.4, -0.2) is 51.0 Å². The van der Waals surface area contributed by atoms with Crippen molar-refractivity contribution in [3.8, 4) is 0 Å². The Labute approximate surface area is 116 Å². The third-order valence-corrected chi connectivity index (χ3v) is 2.68. The van der Waals surface area contributed by atoms with Crippen LogP contribution in [0, 0.1) is 0 Å². The van der Waals surface area contributed by atoms with Gasteiger partial charge in [0.15, 0.2) is 6.10 Å². The van der Waals surface area contributed by atoms with Crippen molar-refractivity contribution in [2.24, 2.45) is 0 Å². The molecule has 0 unspecified atom stereocenters. The predicted octanol–water partition coefficient (Wildman–Crippen LogP) is -0.202. The number of aliphatic carboxylic acids is 1. The highest BCUT2D eigenvalue weighted by atomic mass is 16.4. The lowest BCUT2D eigenvalue weighted by Gasteiger charge is -2.09. The molecule has 8 nitrogen and oxygen atoms in total. The molecule has 0 saturated heterocycles. The van der Waals surface area contributed by atoms with Gasteiger partial charge >= 0.3 is 12.0 Å². The first-order valence-electron chi connectivity index (χ1n) is 6.48. The van der Waals surface area contributed by atoms with Crippen LogP contribution in [0.15, 0.2) is 18.7 Å². The number of hydrogen-bond acceptors (Lipinski definition) is 4. The molecule has 0 aliphatic carbocycles. The van der Waals surface area contributed by atoms with Crippen LogP contribution >= 0.6 is 0 Å². The molecule has 1 rings (SSSR count). The van der Waals surface area contributed by atoms with Gasteiger partial charge in [0.2, 0.25) is 0 Å². The number of carboxylic acid groups (broad SMARTS) is 1. The Morgan fingerprint density at radius 3 is 2.65 bits per heavy atom. The molecule has 112 valence electrons. The molecular formula is C12H20N4O4. The Hall–Kier alpha value is -2.09. The normalized spacial score (nSPS) is 11.8. The quantitative estimate of drug-likeness (QED) is 0.468. The van der Waals surface area contributed by atoms with Crippen LogP contribution in [0.25, 0.3) is 0 Å². The van der Waals surface area contributed by atoms with Gasteiger partial charge in [-0.25, -0.2) is 14.6 Å². The number of nitrogens with zero attached hydrogens (tertiary/aromatic N) is 2. The summed E-state index contributed by atoms with van der Waals surface area (Å²) in [5.74, 6) is -1.29. The Kier molecular flexibility index (Phi) is 7.12. The van der Waals surface area contributed by atoms with Crippen molar-refractivity contribution in [3.63, 3.8) is 0 Å². The number of carbonyl (C=O) groups excluding carboxylic acids is 1. The highest BCUT2D eigenvalue weighted by molar-refractivity contribution is 5.74. The number of aliphatic hydroxyl groups is 1. The maximum absolute atomic E-state index is 11.3. The maximum Gasteiger partial charge on any atom is 0.332 e. The number of urea groups is 1. The number of carbonyl (C=O) groups is 2. The number of rotatable bonds is 9. The summed E-state index contributed by atoms with van der Waals surface area (Å²) in [6.07, 6.45) is 5.66. The van der Waals surface area contributed by atoms with Crippen molar-refractivity contribution in [3.05, 3.63) is 18.7 Å². The molecule has 8 heteroatoms. The molecule has 2 amide bonds. The van der Waals surface area contributed by atoms with Gasteiger partial charge in [-0.3, -0.25) is 0 Å². The van der Waals surface area contributed by atoms with Crippen LogP contribution in [0.1, 0.15) is 19.3 Å². The predicted molar refractivity (Wildman–Crippen MR) is 71.1 cm³/mol. The first kappa shape index (κ1) is 16.0. The number of hydrogen-bond donors (Lipinski definition) is 4. The lowest BCUT2D eigenvalue weighted by Crippen LogP contribution is -2.38. The summed E-state index contributed by atoms with van der Waals surface area (Å²) in [5, 5.41) is 22.6. The van der Waals surface area contributed by atoms with Gasteiger partial charge in [-0.05, 0) is 12.8 Å². The van der Waals surface area contributed by atoms with Crippen LogP contribution in [0.2, 0.25) is 0 Å². The average molecular weight is 284 g/mol. The zero-order valence-electron chi connectivity index (χ0n) is 11.2. The maximum atomic E-state index is 11.3. The van der Waals surface area contributed by atoms with Crippen molar-refractivity contribution in [2.75, 3.05) is 13.1 Å². The molecule has 1 heterocycles. The van der Waals surface area contributed by atoms with Gasteiger partial charge in [0, 0.05) is 38.4 Å². The van der Waals surface area contributed by atoms with Gasteiger partial charge in [-0.15, -0.1) is 0 Å². The van der Waals surface area contributed by atoms with E-state index in [1.54, 1.807) is 12.5 Å². The van der Waals surface area contributed by atoms with Crippen molar-refractivity contribution < 1.29 is 19.8 Å². The molecule has 0 aliphatic heterocycles. The second-order valence-electron chi connectivity index (χ2n) is 4.33. The van der Waals surface area contributed by atoms with E-state index in [0.717, 1.165) is 19.4 Å². The fourth-order valence-corrected chi connectivity index (χ4v) is 1.55. The van der Waals surface area contributed by atoms with Gasteiger partial charge in [0.25, 0.3) is 0 Å². The summed E-state index contributed by atoms with van der Waals surface area (Å²) >= 11 is 0. The molecule has 20 heavy (non-hydrogen) atoms. The second-order valence-corrected chi connectivity index (χ2v) is 4.33. The van der Waals surface area contributed by atoms with Crippen LogP contribution in [0.3, 0.4) is 0 Å². The lowest BCUT2D eigenvalue weighted by atomic mass is 10.2. The number of aryl methyl sites for hydroxylation is 1. The second kappa shape index (κ2) is 8.92. The van der Waals surface area contributed by atoms with Gasteiger partial charge in [0.05, 0.1) is 6.33 Å². The zero-order valence-corrected chi connectivity index (χ0v) is 11.2. The number of unbranched alkanes of at least 4 members (excludes halogenated alkanes) is 1. The van der Waals surface area contributed by atoms with E-state index >= 15 is 0 Å². The summed E-state index contributed by atoms with van der Waals surface area (Å²) < 4.78 is 1.97. The molecule has 0 bridgehead atoms. The van der Waals surface area contributed by atoms with Crippen molar-refractivity contribution in [1.82, 2.24) is 20.2 Å². The molecule has 0 spiro atoms. The van der Waals surface area contributed by atoms with E-state index in [0.29, 0.717) is 6.54 Å². The van der Waals surface area contributed by atoms with Crippen LogP contribution < -0.4 is 10.6 Å². The molecule has 0 saturated carbocycles. The van der Waals surface area contributed by atoms with Gasteiger partial charge in [-0.1, -0.05) is 0 Å². The minimum atomic E-state index is -1.44. The monoisotopic (exact) mass is 284 g/mol. The molecular weight excluding hydrogens is 264 g/mol. The van der Waals surface area contributed by atoms with E-state index in [4.69, 9.17) is 10.2 Å². The summed E-state index contributed by atoms with van der Waals surface area (Å²) in [7, 11) is 0. The van der Waals surface area contributed by atoms with E-state index in [1.807, 2.05) is 10.8 Å². The third-order valence-electron chi connectivity index (χ3n) is 2.68. The molecule has 0 radical (unpaired) electrons. The number of amides is 2. The van der Waals surface area contributed by atoms with Gasteiger partial charge in [-0.2, -0.15) is 0 Å². The highest BCUT2D eigenvalue weighted by Gasteiger charge is 2.12. The Bertz CT molecular complexity index is 408. The number of aromatic nitrogens is 2. The highest BCUT2D eigenvalue weighted by Crippen LogP contribution is 1.94. The average Bonchev–Trinajstić information content (AvgIpc) is 2.91. The lowest BCUT2D eigenvalue weighted by molar-refractivity contribution is -0.146. The topological polar surface area (TPSA) is 116 Å². The van der Waals surface area contributed by atoms with E-state index < -0.39 is 12.1 Å². The standard InChI is InChI=1S/C12H20N4O4/c17-10(11(18)19)3-5-15-12(20)14-4-1-2-7-16-8-6-13-9-16/h6,8-10,17H,1-5,7H2,(H,18,19)(H2,14,15,20)/t10-/m0/s1. The van der Waals surface area contributed by atoms with E-state index in [9.17, 15) is 9.59 Å². The minimum Gasteiger partial charge on any atom is -0.479 e. The summed E-state index contributed by atoms with van der Waals surface area (Å²) in [6, 6.07) is -0.356. The molecule has 0 aromatic carbocycles. The summed E-state index contributed by atoms with van der Waals surface area (Å²) in [5.41, 5.74) is 0. The summed E-state index contributed by atoms with van der Waals surface area (Å²) in [4.78, 5) is 25.6. The van der Waals surface area contributed by atoms with Crippen LogP contribution in [0.5, 0.6) is 0 Å². The largest absolute Gasteiger partial charge is 0.479 e. The number of nitrogens with one attached hydrogen (secondary N) is 2. The van der Waals surface area contributed by atoms with Crippen molar-refractivity contribution in [2.45, 2.75) is 31.9 Å². The minimum absolute atomic E-state index is 0.0105. The molecule has 1 aromatic rings. The smallest absolute Gasteiger partial charge is 0.332 e. The molecule has 0 fully saturated rings. The fraction of sp³-hybridized carbons (Fsp3) is 0.583. The Morgan fingerprint density at radius 1 is 1.25 bits per heavy atom. The SMILES string of the molecule is O=C(NCCCCn1ccnc1)NCC[C@H](O)C(=O)O. The third kappa shape index (κ3) is 6.74. The van der Waals surface area contributed by atoms with Crippen molar-refractivity contribution in [1.29, 1.82) is 0 Å². The van der Waals surface area contributed by atoms with E-state index in [1.165, 1.54) is 0 Å². The Balaban J connectivity index is 1.96. The molecule has 1 atom stereocenters. The van der Waals surface area contributed by atoms with Crippen LogP contribution in [0.4, 0.5) is 4.79 Å². The first-order valence-corrected chi connectivity index (χ1v) is 6.48. The molecule has 4 N–H and O–H groups in total. The van der Waals surface area contributed by atoms with E-state index in [-0.39, 0.29) is 19.0 Å². The number of imidazole rings is 1. The fourth-order valence-electron chi connectivity index (χ4n) is 1.55. The first-order chi connectivity index (χ1) is 9.59. The van der Waals surface area contributed by atoms with Gasteiger partial charge < -0.3 is 25.4 Å². The van der Waals surface area contributed by atoms with Crippen LogP contribution in [-0.2, 0) is 11.3 Å².